The first kappa shape index (κ1) is 11.5. The van der Waals surface area contributed by atoms with Crippen LogP contribution < -0.4 is 10.3 Å². The zero-order valence-electron chi connectivity index (χ0n) is 8.57. The maximum Gasteiger partial charge on any atom is 0.221 e. The predicted octanol–water partition coefficient (Wildman–Crippen LogP) is 0.784. The number of rotatable bonds is 3. The van der Waals surface area contributed by atoms with Gasteiger partial charge in [0.25, 0.3) is 0 Å². The maximum atomic E-state index is 11.3. The van der Waals surface area contributed by atoms with Gasteiger partial charge in [0.2, 0.25) is 5.43 Å². The zero-order chi connectivity index (χ0) is 11.4. The fourth-order valence-corrected chi connectivity index (χ4v) is 1.36. The minimum absolute atomic E-state index is 0.0464. The molecule has 0 saturated heterocycles. The molecule has 80 valence electrons. The number of halogens is 1. The zero-order valence-corrected chi connectivity index (χ0v) is 9.32. The Labute approximate surface area is 92.5 Å². The third kappa shape index (κ3) is 2.70. The van der Waals surface area contributed by atoms with Gasteiger partial charge < -0.3 is 4.90 Å². The molecule has 1 heterocycles. The number of aromatic nitrogens is 2. The minimum Gasteiger partial charge on any atom is -0.359 e. The summed E-state index contributed by atoms with van der Waals surface area (Å²) >= 11 is 5.58. The smallest absolute Gasteiger partial charge is 0.221 e. The van der Waals surface area contributed by atoms with Crippen LogP contribution in [0.5, 0.6) is 0 Å². The third-order valence-electron chi connectivity index (χ3n) is 1.98. The number of aryl methyl sites for hydroxylation is 1. The van der Waals surface area contributed by atoms with Gasteiger partial charge in [-0.1, -0.05) is 11.6 Å². The highest BCUT2D eigenvalue weighted by atomic mass is 35.5. The number of hydrogen-bond donors (Lipinski definition) is 0. The van der Waals surface area contributed by atoms with Crippen molar-refractivity contribution in [1.29, 1.82) is 5.26 Å². The van der Waals surface area contributed by atoms with E-state index in [-0.39, 0.29) is 10.6 Å². The van der Waals surface area contributed by atoms with Crippen LogP contribution >= 0.6 is 11.6 Å². The van der Waals surface area contributed by atoms with Gasteiger partial charge in [0.05, 0.1) is 12.5 Å². The van der Waals surface area contributed by atoms with Gasteiger partial charge in [0, 0.05) is 26.7 Å². The lowest BCUT2D eigenvalue weighted by atomic mass is 10.4. The molecule has 1 aromatic rings. The molecule has 15 heavy (non-hydrogen) atoms. The molecule has 0 fully saturated rings. The average Bonchev–Trinajstić information content (AvgIpc) is 2.20. The lowest BCUT2D eigenvalue weighted by Gasteiger charge is -2.19. The molecular formula is C9H11ClN4O. The van der Waals surface area contributed by atoms with Crippen molar-refractivity contribution < 1.29 is 0 Å². The summed E-state index contributed by atoms with van der Waals surface area (Å²) in [6, 6.07) is 3.45. The molecule has 0 saturated carbocycles. The van der Waals surface area contributed by atoms with E-state index in [1.807, 2.05) is 6.07 Å². The normalized spacial score (nSPS) is 9.73. The quantitative estimate of drug-likeness (QED) is 0.764. The Bertz CT molecular complexity index is 448. The van der Waals surface area contributed by atoms with Gasteiger partial charge in [-0.3, -0.25) is 9.48 Å². The van der Waals surface area contributed by atoms with E-state index >= 15 is 0 Å². The second-order valence-corrected chi connectivity index (χ2v) is 3.47. The largest absolute Gasteiger partial charge is 0.359 e. The molecule has 0 aliphatic heterocycles. The van der Waals surface area contributed by atoms with Crippen molar-refractivity contribution in [3.63, 3.8) is 0 Å². The topological polar surface area (TPSA) is 61.9 Å². The van der Waals surface area contributed by atoms with E-state index in [2.05, 4.69) is 5.10 Å². The fourth-order valence-electron chi connectivity index (χ4n) is 1.19. The Morgan fingerprint density at radius 2 is 2.40 bits per heavy atom. The number of hydrogen-bond acceptors (Lipinski definition) is 4. The van der Waals surface area contributed by atoms with Crippen molar-refractivity contribution in [3.05, 3.63) is 21.4 Å². The van der Waals surface area contributed by atoms with Gasteiger partial charge in [-0.2, -0.15) is 10.4 Å². The highest BCUT2D eigenvalue weighted by Gasteiger charge is 2.07. The van der Waals surface area contributed by atoms with Crippen LogP contribution in [-0.4, -0.2) is 23.4 Å². The Morgan fingerprint density at radius 1 is 1.73 bits per heavy atom. The van der Waals surface area contributed by atoms with Crippen molar-refractivity contribution in [2.45, 2.75) is 6.42 Å². The van der Waals surface area contributed by atoms with E-state index in [0.717, 1.165) is 0 Å². The first-order chi connectivity index (χ1) is 7.06. The van der Waals surface area contributed by atoms with Crippen LogP contribution in [0.1, 0.15) is 6.42 Å². The summed E-state index contributed by atoms with van der Waals surface area (Å²) in [7, 11) is 3.49. The molecule has 0 N–H and O–H groups in total. The van der Waals surface area contributed by atoms with Crippen LogP contribution in [0.4, 0.5) is 5.82 Å². The van der Waals surface area contributed by atoms with Crippen LogP contribution in [-0.2, 0) is 7.05 Å². The van der Waals surface area contributed by atoms with Gasteiger partial charge in [0.1, 0.15) is 5.82 Å². The van der Waals surface area contributed by atoms with E-state index in [0.29, 0.717) is 18.8 Å². The average molecular weight is 227 g/mol. The van der Waals surface area contributed by atoms with E-state index in [4.69, 9.17) is 16.9 Å². The van der Waals surface area contributed by atoms with E-state index in [1.165, 1.54) is 10.7 Å². The summed E-state index contributed by atoms with van der Waals surface area (Å²) in [5.74, 6) is 0.639. The molecule has 0 bridgehead atoms. The molecular weight excluding hydrogens is 216 g/mol. The van der Waals surface area contributed by atoms with Gasteiger partial charge in [-0.15, -0.1) is 0 Å². The monoisotopic (exact) mass is 226 g/mol. The molecule has 0 aliphatic rings. The highest BCUT2D eigenvalue weighted by Crippen LogP contribution is 2.09. The molecule has 0 radical (unpaired) electrons. The summed E-state index contributed by atoms with van der Waals surface area (Å²) in [6.07, 6.45) is 0.396. The summed E-state index contributed by atoms with van der Waals surface area (Å²) in [5.41, 5.74) is -0.312. The standard InChI is InChI=1S/C9H11ClN4O/c1-13(5-3-4-11)8-6-7(15)9(10)12-14(8)2/h6H,3,5H2,1-2H3. The van der Waals surface area contributed by atoms with Gasteiger partial charge in [-0.05, 0) is 0 Å². The summed E-state index contributed by atoms with van der Waals surface area (Å²) < 4.78 is 1.51. The third-order valence-corrected chi connectivity index (χ3v) is 2.24. The van der Waals surface area contributed by atoms with Crippen LogP contribution in [0.25, 0.3) is 0 Å². The second-order valence-electron chi connectivity index (χ2n) is 3.11. The Morgan fingerprint density at radius 3 is 3.00 bits per heavy atom. The van der Waals surface area contributed by atoms with E-state index in [9.17, 15) is 4.79 Å². The molecule has 0 atom stereocenters. The Kier molecular flexibility index (Phi) is 3.69. The van der Waals surface area contributed by atoms with E-state index in [1.54, 1.807) is 19.0 Å². The van der Waals surface area contributed by atoms with Crippen molar-refractivity contribution in [3.8, 4) is 6.07 Å². The summed E-state index contributed by atoms with van der Waals surface area (Å²) in [6.45, 7) is 0.549. The molecule has 0 amide bonds. The fraction of sp³-hybridized carbons (Fsp3) is 0.444. The van der Waals surface area contributed by atoms with Crippen molar-refractivity contribution in [2.75, 3.05) is 18.5 Å². The number of nitriles is 1. The second kappa shape index (κ2) is 4.80. The van der Waals surface area contributed by atoms with E-state index < -0.39 is 0 Å². The lowest BCUT2D eigenvalue weighted by molar-refractivity contribution is 0.705. The molecule has 0 spiro atoms. The van der Waals surface area contributed by atoms with Crippen molar-refractivity contribution in [1.82, 2.24) is 9.78 Å². The number of nitrogens with zero attached hydrogens (tertiary/aromatic N) is 4. The van der Waals surface area contributed by atoms with Crippen molar-refractivity contribution >= 4 is 17.4 Å². The highest BCUT2D eigenvalue weighted by molar-refractivity contribution is 6.29. The van der Waals surface area contributed by atoms with Crippen LogP contribution in [0.15, 0.2) is 10.9 Å². The Hall–Kier alpha value is -1.54. The molecule has 1 aromatic heterocycles. The summed E-state index contributed by atoms with van der Waals surface area (Å²) in [4.78, 5) is 13.1. The van der Waals surface area contributed by atoms with Crippen LogP contribution in [0.2, 0.25) is 5.15 Å². The first-order valence-corrected chi connectivity index (χ1v) is 4.76. The van der Waals surface area contributed by atoms with Crippen LogP contribution in [0, 0.1) is 11.3 Å². The first-order valence-electron chi connectivity index (χ1n) is 4.38. The molecule has 5 nitrogen and oxygen atoms in total. The van der Waals surface area contributed by atoms with Gasteiger partial charge >= 0.3 is 0 Å². The molecule has 0 unspecified atom stereocenters. The molecule has 6 heteroatoms. The lowest BCUT2D eigenvalue weighted by Crippen LogP contribution is -2.25. The van der Waals surface area contributed by atoms with Crippen molar-refractivity contribution in [2.24, 2.45) is 7.05 Å². The SMILES string of the molecule is CN(CCC#N)c1cc(=O)c(Cl)nn1C. The number of anilines is 1. The Balaban J connectivity index is 3.00. The van der Waals surface area contributed by atoms with Gasteiger partial charge in [0.15, 0.2) is 5.15 Å². The minimum atomic E-state index is -0.312. The van der Waals surface area contributed by atoms with Crippen LogP contribution in [0.3, 0.4) is 0 Å². The molecule has 0 aliphatic carbocycles. The maximum absolute atomic E-state index is 11.3. The predicted molar refractivity (Wildman–Crippen MR) is 58.0 cm³/mol. The summed E-state index contributed by atoms with van der Waals surface area (Å²) in [5, 5.41) is 12.2. The molecule has 0 aromatic carbocycles. The van der Waals surface area contributed by atoms with Gasteiger partial charge in [-0.25, -0.2) is 0 Å². The molecule has 1 rings (SSSR count).